The summed E-state index contributed by atoms with van der Waals surface area (Å²) in [7, 11) is 0. The maximum atomic E-state index is 4.62. The van der Waals surface area contributed by atoms with E-state index < -0.39 is 0 Å². The molecule has 1 aromatic carbocycles. The van der Waals surface area contributed by atoms with Crippen molar-refractivity contribution >= 4 is 11.2 Å². The Hall–Kier alpha value is -2.23. The van der Waals surface area contributed by atoms with E-state index in [1.807, 2.05) is 6.07 Å². The highest BCUT2D eigenvalue weighted by atomic mass is 15.0. The fourth-order valence-corrected chi connectivity index (χ4v) is 2.53. The van der Waals surface area contributed by atoms with Crippen LogP contribution in [-0.2, 0) is 5.41 Å². The van der Waals surface area contributed by atoms with E-state index in [9.17, 15) is 0 Å². The second-order valence-corrected chi connectivity index (χ2v) is 4.79. The van der Waals surface area contributed by atoms with Gasteiger partial charge in [-0.1, -0.05) is 30.3 Å². The van der Waals surface area contributed by atoms with Crippen LogP contribution < -0.4 is 0 Å². The second-order valence-electron chi connectivity index (χ2n) is 4.79. The number of aromatic amines is 1. The van der Waals surface area contributed by atoms with Crippen LogP contribution in [0.25, 0.3) is 11.2 Å². The standard InChI is InChI=1S/C14H12N4/c1-2-4-10(5-3-1)14(6-7-14)13-17-11-8-15-9-16-12(11)18-13/h1-5,8-9H,6-7H2,(H,15,16,17,18). The molecule has 2 heterocycles. The second kappa shape index (κ2) is 3.38. The van der Waals surface area contributed by atoms with Gasteiger partial charge in [0, 0.05) is 0 Å². The van der Waals surface area contributed by atoms with Gasteiger partial charge in [0.15, 0.2) is 5.65 Å². The molecule has 0 radical (unpaired) electrons. The van der Waals surface area contributed by atoms with Gasteiger partial charge < -0.3 is 4.98 Å². The van der Waals surface area contributed by atoms with Crippen LogP contribution in [0.15, 0.2) is 42.9 Å². The highest BCUT2D eigenvalue weighted by Gasteiger charge is 2.48. The predicted octanol–water partition coefficient (Wildman–Crippen LogP) is 2.43. The highest BCUT2D eigenvalue weighted by Crippen LogP contribution is 2.52. The first-order chi connectivity index (χ1) is 8.88. The third-order valence-corrected chi connectivity index (χ3v) is 3.69. The van der Waals surface area contributed by atoms with Crippen LogP contribution in [0.5, 0.6) is 0 Å². The van der Waals surface area contributed by atoms with E-state index in [0.29, 0.717) is 0 Å². The van der Waals surface area contributed by atoms with E-state index >= 15 is 0 Å². The lowest BCUT2D eigenvalue weighted by Gasteiger charge is -2.12. The Kier molecular flexibility index (Phi) is 1.84. The van der Waals surface area contributed by atoms with E-state index in [1.54, 1.807) is 6.20 Å². The minimum absolute atomic E-state index is 0.0714. The minimum atomic E-state index is 0.0714. The molecule has 0 unspecified atom stereocenters. The fraction of sp³-hybridized carbons (Fsp3) is 0.214. The van der Waals surface area contributed by atoms with Crippen molar-refractivity contribution in [1.29, 1.82) is 0 Å². The van der Waals surface area contributed by atoms with Gasteiger partial charge in [0.05, 0.1) is 11.6 Å². The maximum absolute atomic E-state index is 4.62. The Morgan fingerprint density at radius 1 is 1.11 bits per heavy atom. The van der Waals surface area contributed by atoms with E-state index in [1.165, 1.54) is 11.9 Å². The smallest absolute Gasteiger partial charge is 0.180 e. The zero-order valence-corrected chi connectivity index (χ0v) is 9.80. The summed E-state index contributed by atoms with van der Waals surface area (Å²) in [6, 6.07) is 10.6. The van der Waals surface area contributed by atoms with Crippen LogP contribution >= 0.6 is 0 Å². The van der Waals surface area contributed by atoms with E-state index in [2.05, 4.69) is 44.2 Å². The molecule has 18 heavy (non-hydrogen) atoms. The van der Waals surface area contributed by atoms with Crippen molar-refractivity contribution in [2.24, 2.45) is 0 Å². The molecule has 1 fully saturated rings. The summed E-state index contributed by atoms with van der Waals surface area (Å²) in [6.45, 7) is 0. The molecule has 0 spiro atoms. The topological polar surface area (TPSA) is 54.5 Å². The largest absolute Gasteiger partial charge is 0.339 e. The Bertz CT molecular complexity index is 665. The molecule has 0 bridgehead atoms. The van der Waals surface area contributed by atoms with Crippen molar-refractivity contribution in [3.8, 4) is 0 Å². The molecule has 1 N–H and O–H groups in total. The van der Waals surface area contributed by atoms with Gasteiger partial charge in [-0.25, -0.2) is 15.0 Å². The van der Waals surface area contributed by atoms with Gasteiger partial charge in [-0.05, 0) is 18.4 Å². The molecular formula is C14H12N4. The quantitative estimate of drug-likeness (QED) is 0.743. The van der Waals surface area contributed by atoms with Crippen LogP contribution in [-0.4, -0.2) is 19.9 Å². The Morgan fingerprint density at radius 2 is 1.94 bits per heavy atom. The molecule has 1 saturated carbocycles. The van der Waals surface area contributed by atoms with Crippen molar-refractivity contribution in [3.05, 3.63) is 54.2 Å². The number of H-pyrrole nitrogens is 1. The molecule has 2 aromatic heterocycles. The molecule has 4 rings (SSSR count). The Balaban J connectivity index is 1.87. The SMILES string of the molecule is c1ccc(C2(c3nc4ncncc4[nH]3)CC2)cc1. The van der Waals surface area contributed by atoms with Crippen molar-refractivity contribution in [2.45, 2.75) is 18.3 Å². The van der Waals surface area contributed by atoms with Crippen LogP contribution in [0, 0.1) is 0 Å². The normalized spacial score (nSPS) is 16.9. The van der Waals surface area contributed by atoms with Crippen LogP contribution in [0.1, 0.15) is 24.2 Å². The average Bonchev–Trinajstić information content (AvgIpc) is 3.13. The predicted molar refractivity (Wildman–Crippen MR) is 68.1 cm³/mol. The number of fused-ring (bicyclic) bond motifs is 1. The molecule has 3 aromatic rings. The van der Waals surface area contributed by atoms with Gasteiger partial charge in [0.2, 0.25) is 0 Å². The number of benzene rings is 1. The molecule has 1 aliphatic rings. The molecular weight excluding hydrogens is 224 g/mol. The van der Waals surface area contributed by atoms with Crippen LogP contribution in [0.4, 0.5) is 0 Å². The zero-order valence-electron chi connectivity index (χ0n) is 9.80. The Labute approximate surface area is 104 Å². The van der Waals surface area contributed by atoms with Gasteiger partial charge >= 0.3 is 0 Å². The maximum Gasteiger partial charge on any atom is 0.180 e. The van der Waals surface area contributed by atoms with Gasteiger partial charge in [0.1, 0.15) is 17.7 Å². The number of imidazole rings is 1. The third kappa shape index (κ3) is 1.29. The lowest BCUT2D eigenvalue weighted by Crippen LogP contribution is -2.10. The molecule has 0 saturated heterocycles. The number of nitrogens with one attached hydrogen (secondary N) is 1. The molecule has 0 aliphatic heterocycles. The summed E-state index contributed by atoms with van der Waals surface area (Å²) < 4.78 is 0. The van der Waals surface area contributed by atoms with Gasteiger partial charge in [0.25, 0.3) is 0 Å². The summed E-state index contributed by atoms with van der Waals surface area (Å²) in [6.07, 6.45) is 5.60. The number of rotatable bonds is 2. The first-order valence-corrected chi connectivity index (χ1v) is 6.10. The summed E-state index contributed by atoms with van der Waals surface area (Å²) in [4.78, 5) is 16.2. The number of nitrogens with zero attached hydrogens (tertiary/aromatic N) is 3. The summed E-state index contributed by atoms with van der Waals surface area (Å²) >= 11 is 0. The molecule has 4 nitrogen and oxygen atoms in total. The lowest BCUT2D eigenvalue weighted by atomic mass is 9.95. The van der Waals surface area contributed by atoms with Gasteiger partial charge in [-0.2, -0.15) is 0 Å². The first-order valence-electron chi connectivity index (χ1n) is 6.10. The van der Waals surface area contributed by atoms with Gasteiger partial charge in [-0.15, -0.1) is 0 Å². The summed E-state index contributed by atoms with van der Waals surface area (Å²) in [5.74, 6) is 1.02. The molecule has 0 amide bonds. The van der Waals surface area contributed by atoms with E-state index in [0.717, 1.165) is 29.8 Å². The van der Waals surface area contributed by atoms with Crippen molar-refractivity contribution in [3.63, 3.8) is 0 Å². The van der Waals surface area contributed by atoms with Crippen LogP contribution in [0.3, 0.4) is 0 Å². The molecule has 4 heteroatoms. The summed E-state index contributed by atoms with van der Waals surface area (Å²) in [5.41, 5.74) is 3.07. The number of hydrogen-bond acceptors (Lipinski definition) is 3. The monoisotopic (exact) mass is 236 g/mol. The lowest BCUT2D eigenvalue weighted by molar-refractivity contribution is 0.778. The third-order valence-electron chi connectivity index (χ3n) is 3.69. The van der Waals surface area contributed by atoms with Crippen molar-refractivity contribution < 1.29 is 0 Å². The fourth-order valence-electron chi connectivity index (χ4n) is 2.53. The minimum Gasteiger partial charge on any atom is -0.339 e. The Morgan fingerprint density at radius 3 is 2.67 bits per heavy atom. The zero-order chi connectivity index (χ0) is 12.0. The van der Waals surface area contributed by atoms with Crippen molar-refractivity contribution in [1.82, 2.24) is 19.9 Å². The van der Waals surface area contributed by atoms with E-state index in [-0.39, 0.29) is 5.41 Å². The number of hydrogen-bond donors (Lipinski definition) is 1. The first kappa shape index (κ1) is 9.76. The number of aromatic nitrogens is 4. The van der Waals surface area contributed by atoms with Crippen LogP contribution in [0.2, 0.25) is 0 Å². The molecule has 0 atom stereocenters. The van der Waals surface area contributed by atoms with E-state index in [4.69, 9.17) is 0 Å². The summed E-state index contributed by atoms with van der Waals surface area (Å²) in [5, 5.41) is 0. The van der Waals surface area contributed by atoms with Gasteiger partial charge in [-0.3, -0.25) is 0 Å². The van der Waals surface area contributed by atoms with Crippen molar-refractivity contribution in [2.75, 3.05) is 0 Å². The molecule has 1 aliphatic carbocycles. The molecule has 88 valence electrons. The average molecular weight is 236 g/mol. The highest BCUT2D eigenvalue weighted by molar-refractivity contribution is 5.69.